The Labute approximate surface area is 96.4 Å². The standard InChI is InChI=1S/C13H17ClO/c1-9(2)10-5-3-6-11(13(10)14)12-7-4-8-15-12/h3,5-6,9,12H,4,7-8H2,1-2H3. The second kappa shape index (κ2) is 4.54. The number of halogens is 1. The summed E-state index contributed by atoms with van der Waals surface area (Å²) in [5.74, 6) is 0.471. The predicted molar refractivity (Wildman–Crippen MR) is 63.5 cm³/mol. The number of benzene rings is 1. The molecule has 0 bridgehead atoms. The van der Waals surface area contributed by atoms with Crippen molar-refractivity contribution in [2.45, 2.75) is 38.7 Å². The molecule has 0 aromatic heterocycles. The lowest BCUT2D eigenvalue weighted by Gasteiger charge is -2.16. The normalized spacial score (nSPS) is 21.2. The maximum atomic E-state index is 6.40. The van der Waals surface area contributed by atoms with Crippen molar-refractivity contribution in [2.24, 2.45) is 0 Å². The molecule has 1 saturated heterocycles. The Morgan fingerprint density at radius 1 is 1.40 bits per heavy atom. The SMILES string of the molecule is CC(C)c1cccc(C2CCCO2)c1Cl. The minimum Gasteiger partial charge on any atom is -0.373 e. The highest BCUT2D eigenvalue weighted by atomic mass is 35.5. The van der Waals surface area contributed by atoms with Crippen LogP contribution in [0.3, 0.4) is 0 Å². The second-order valence-corrected chi connectivity index (χ2v) is 4.78. The van der Waals surface area contributed by atoms with E-state index in [1.807, 2.05) is 0 Å². The van der Waals surface area contributed by atoms with Crippen molar-refractivity contribution >= 4 is 11.6 Å². The molecule has 1 unspecified atom stereocenters. The van der Waals surface area contributed by atoms with Crippen LogP contribution in [-0.4, -0.2) is 6.61 Å². The molecule has 2 rings (SSSR count). The summed E-state index contributed by atoms with van der Waals surface area (Å²) < 4.78 is 5.67. The van der Waals surface area contributed by atoms with E-state index in [0.29, 0.717) is 5.92 Å². The fourth-order valence-electron chi connectivity index (χ4n) is 2.09. The van der Waals surface area contributed by atoms with Crippen molar-refractivity contribution in [3.8, 4) is 0 Å². The Morgan fingerprint density at radius 2 is 2.20 bits per heavy atom. The second-order valence-electron chi connectivity index (χ2n) is 4.41. The van der Waals surface area contributed by atoms with Gasteiger partial charge in [0.05, 0.1) is 6.10 Å². The smallest absolute Gasteiger partial charge is 0.0840 e. The first-order valence-corrected chi connectivity index (χ1v) is 5.98. The minimum atomic E-state index is 0.219. The van der Waals surface area contributed by atoms with Gasteiger partial charge in [-0.1, -0.05) is 43.6 Å². The highest BCUT2D eigenvalue weighted by Crippen LogP contribution is 2.36. The van der Waals surface area contributed by atoms with E-state index in [9.17, 15) is 0 Å². The fourth-order valence-corrected chi connectivity index (χ4v) is 2.55. The van der Waals surface area contributed by atoms with Crippen LogP contribution < -0.4 is 0 Å². The summed E-state index contributed by atoms with van der Waals surface area (Å²) in [5, 5.41) is 0.902. The van der Waals surface area contributed by atoms with Gasteiger partial charge in [-0.15, -0.1) is 0 Å². The first-order valence-electron chi connectivity index (χ1n) is 5.60. The highest BCUT2D eigenvalue weighted by Gasteiger charge is 2.21. The Bertz CT molecular complexity index is 340. The molecule has 1 aromatic rings. The molecule has 0 N–H and O–H groups in total. The summed E-state index contributed by atoms with van der Waals surface area (Å²) in [6.45, 7) is 5.20. The third kappa shape index (κ3) is 2.19. The summed E-state index contributed by atoms with van der Waals surface area (Å²) in [7, 11) is 0. The van der Waals surface area contributed by atoms with Gasteiger partial charge in [0.15, 0.2) is 0 Å². The van der Waals surface area contributed by atoms with E-state index in [-0.39, 0.29) is 6.10 Å². The summed E-state index contributed by atoms with van der Waals surface area (Å²) >= 11 is 6.40. The predicted octanol–water partition coefficient (Wildman–Crippen LogP) is 4.31. The lowest BCUT2D eigenvalue weighted by atomic mass is 9.97. The van der Waals surface area contributed by atoms with Gasteiger partial charge in [-0.25, -0.2) is 0 Å². The Balaban J connectivity index is 2.34. The molecule has 15 heavy (non-hydrogen) atoms. The van der Waals surface area contributed by atoms with Crippen LogP contribution in [0.5, 0.6) is 0 Å². The Morgan fingerprint density at radius 3 is 2.80 bits per heavy atom. The lowest BCUT2D eigenvalue weighted by molar-refractivity contribution is 0.112. The summed E-state index contributed by atoms with van der Waals surface area (Å²) in [6.07, 6.45) is 2.46. The molecule has 1 atom stereocenters. The molecule has 1 aliphatic rings. The van der Waals surface area contributed by atoms with E-state index < -0.39 is 0 Å². The zero-order chi connectivity index (χ0) is 10.8. The topological polar surface area (TPSA) is 9.23 Å². The van der Waals surface area contributed by atoms with Crippen LogP contribution in [-0.2, 0) is 4.74 Å². The van der Waals surface area contributed by atoms with E-state index in [4.69, 9.17) is 16.3 Å². The summed E-state index contributed by atoms with van der Waals surface area (Å²) in [5.41, 5.74) is 2.39. The van der Waals surface area contributed by atoms with Crippen molar-refractivity contribution in [1.82, 2.24) is 0 Å². The molecule has 1 aromatic carbocycles. The molecule has 1 fully saturated rings. The fraction of sp³-hybridized carbons (Fsp3) is 0.538. The average molecular weight is 225 g/mol. The van der Waals surface area contributed by atoms with Crippen LogP contribution in [0.1, 0.15) is 49.8 Å². The van der Waals surface area contributed by atoms with E-state index >= 15 is 0 Å². The van der Waals surface area contributed by atoms with E-state index in [2.05, 4.69) is 32.0 Å². The zero-order valence-electron chi connectivity index (χ0n) is 9.29. The molecule has 0 saturated carbocycles. The molecule has 1 heterocycles. The number of rotatable bonds is 2. The third-order valence-corrected chi connectivity index (χ3v) is 3.39. The molecule has 0 amide bonds. The maximum Gasteiger partial charge on any atom is 0.0840 e. The number of hydrogen-bond donors (Lipinski definition) is 0. The molecule has 2 heteroatoms. The molecule has 1 aliphatic heterocycles. The molecular weight excluding hydrogens is 208 g/mol. The van der Waals surface area contributed by atoms with E-state index in [1.54, 1.807) is 0 Å². The van der Waals surface area contributed by atoms with Gasteiger partial charge in [0.25, 0.3) is 0 Å². The van der Waals surface area contributed by atoms with Gasteiger partial charge in [-0.05, 0) is 29.9 Å². The molecular formula is C13H17ClO. The summed E-state index contributed by atoms with van der Waals surface area (Å²) in [4.78, 5) is 0. The highest BCUT2D eigenvalue weighted by molar-refractivity contribution is 6.32. The maximum absolute atomic E-state index is 6.40. The van der Waals surface area contributed by atoms with Gasteiger partial charge in [-0.2, -0.15) is 0 Å². The van der Waals surface area contributed by atoms with Crippen LogP contribution in [0, 0.1) is 0 Å². The zero-order valence-corrected chi connectivity index (χ0v) is 10.1. The Hall–Kier alpha value is -0.530. The van der Waals surface area contributed by atoms with E-state index in [0.717, 1.165) is 24.5 Å². The summed E-state index contributed by atoms with van der Waals surface area (Å²) in [6, 6.07) is 6.27. The number of hydrogen-bond acceptors (Lipinski definition) is 1. The van der Waals surface area contributed by atoms with Crippen LogP contribution >= 0.6 is 11.6 Å². The van der Waals surface area contributed by atoms with Crippen LogP contribution in [0.25, 0.3) is 0 Å². The van der Waals surface area contributed by atoms with Crippen molar-refractivity contribution in [3.05, 3.63) is 34.3 Å². The van der Waals surface area contributed by atoms with Crippen LogP contribution in [0.2, 0.25) is 5.02 Å². The van der Waals surface area contributed by atoms with Crippen molar-refractivity contribution in [1.29, 1.82) is 0 Å². The first kappa shape index (κ1) is 11.0. The van der Waals surface area contributed by atoms with Gasteiger partial charge < -0.3 is 4.74 Å². The van der Waals surface area contributed by atoms with Crippen molar-refractivity contribution in [3.63, 3.8) is 0 Å². The monoisotopic (exact) mass is 224 g/mol. The quantitative estimate of drug-likeness (QED) is 0.727. The Kier molecular flexibility index (Phi) is 3.32. The van der Waals surface area contributed by atoms with Crippen LogP contribution in [0.4, 0.5) is 0 Å². The third-order valence-electron chi connectivity index (χ3n) is 2.96. The van der Waals surface area contributed by atoms with Gasteiger partial charge >= 0.3 is 0 Å². The average Bonchev–Trinajstić information content (AvgIpc) is 2.70. The molecule has 0 aliphatic carbocycles. The molecule has 0 radical (unpaired) electrons. The largest absolute Gasteiger partial charge is 0.373 e. The van der Waals surface area contributed by atoms with Gasteiger partial charge in [0.2, 0.25) is 0 Å². The van der Waals surface area contributed by atoms with Crippen molar-refractivity contribution in [2.75, 3.05) is 6.61 Å². The first-order chi connectivity index (χ1) is 7.20. The van der Waals surface area contributed by atoms with Crippen molar-refractivity contribution < 1.29 is 4.74 Å². The minimum absolute atomic E-state index is 0.219. The van der Waals surface area contributed by atoms with Gasteiger partial charge in [0, 0.05) is 11.6 Å². The molecule has 1 nitrogen and oxygen atoms in total. The van der Waals surface area contributed by atoms with E-state index in [1.165, 1.54) is 11.1 Å². The molecule has 82 valence electrons. The number of ether oxygens (including phenoxy) is 1. The molecule has 0 spiro atoms. The van der Waals surface area contributed by atoms with Crippen LogP contribution in [0.15, 0.2) is 18.2 Å². The lowest BCUT2D eigenvalue weighted by Crippen LogP contribution is -2.00. The van der Waals surface area contributed by atoms with Gasteiger partial charge in [-0.3, -0.25) is 0 Å². The van der Waals surface area contributed by atoms with Gasteiger partial charge in [0.1, 0.15) is 0 Å².